The molecule has 0 spiro atoms. The van der Waals surface area contributed by atoms with Crippen LogP contribution in [0.1, 0.15) is 38.3 Å². The topological polar surface area (TPSA) is 67.4 Å². The lowest BCUT2D eigenvalue weighted by Crippen LogP contribution is -2.33. The second kappa shape index (κ2) is 9.76. The van der Waals surface area contributed by atoms with Crippen LogP contribution in [0.2, 0.25) is 0 Å². The van der Waals surface area contributed by atoms with Gasteiger partial charge in [0.05, 0.1) is 0 Å². The lowest BCUT2D eigenvalue weighted by atomic mass is 9.86. The fraction of sp³-hybridized carbons (Fsp3) is 0.364. The predicted molar refractivity (Wildman–Crippen MR) is 107 cm³/mol. The van der Waals surface area contributed by atoms with E-state index in [1.165, 1.54) is 0 Å². The Balaban J connectivity index is 1.69. The van der Waals surface area contributed by atoms with E-state index in [4.69, 9.17) is 4.74 Å². The molecule has 2 amide bonds. The van der Waals surface area contributed by atoms with Crippen LogP contribution in [0.15, 0.2) is 54.6 Å². The lowest BCUT2D eigenvalue weighted by Gasteiger charge is -2.22. The summed E-state index contributed by atoms with van der Waals surface area (Å²) in [4.78, 5) is 23.8. The zero-order chi connectivity index (χ0) is 19.7. The molecule has 2 aromatic carbocycles. The SMILES string of the molecule is CC(C)(C)c1ccccc1OCC(=O)NCCC(=O)NCc1ccccc1. The zero-order valence-corrected chi connectivity index (χ0v) is 16.2. The molecule has 2 aromatic rings. The number of carbonyl (C=O) groups is 2. The average Bonchev–Trinajstić information content (AvgIpc) is 2.65. The van der Waals surface area contributed by atoms with Crippen LogP contribution in [0, 0.1) is 0 Å². The van der Waals surface area contributed by atoms with Crippen molar-refractivity contribution in [2.24, 2.45) is 0 Å². The first-order valence-electron chi connectivity index (χ1n) is 9.16. The minimum Gasteiger partial charge on any atom is -0.483 e. The van der Waals surface area contributed by atoms with E-state index < -0.39 is 0 Å². The molecule has 27 heavy (non-hydrogen) atoms. The van der Waals surface area contributed by atoms with E-state index in [1.54, 1.807) is 0 Å². The van der Waals surface area contributed by atoms with Gasteiger partial charge in [0.15, 0.2) is 6.61 Å². The van der Waals surface area contributed by atoms with Crippen LogP contribution in [0.4, 0.5) is 0 Å². The molecule has 5 nitrogen and oxygen atoms in total. The maximum atomic E-state index is 12.0. The Kier molecular flexibility index (Phi) is 7.41. The van der Waals surface area contributed by atoms with Gasteiger partial charge in [-0.2, -0.15) is 0 Å². The highest BCUT2D eigenvalue weighted by Crippen LogP contribution is 2.30. The maximum Gasteiger partial charge on any atom is 0.257 e. The monoisotopic (exact) mass is 368 g/mol. The molecule has 2 rings (SSSR count). The third-order valence-corrected chi connectivity index (χ3v) is 4.06. The maximum absolute atomic E-state index is 12.0. The van der Waals surface area contributed by atoms with E-state index in [0.29, 0.717) is 12.3 Å². The van der Waals surface area contributed by atoms with Crippen molar-refractivity contribution in [2.75, 3.05) is 13.2 Å². The number of nitrogens with one attached hydrogen (secondary N) is 2. The average molecular weight is 368 g/mol. The van der Waals surface area contributed by atoms with Crippen molar-refractivity contribution >= 4 is 11.8 Å². The van der Waals surface area contributed by atoms with Crippen molar-refractivity contribution in [3.05, 3.63) is 65.7 Å². The summed E-state index contributed by atoms with van der Waals surface area (Å²) < 4.78 is 5.68. The molecule has 0 fully saturated rings. The predicted octanol–water partition coefficient (Wildman–Crippen LogP) is 3.19. The van der Waals surface area contributed by atoms with E-state index >= 15 is 0 Å². The summed E-state index contributed by atoms with van der Waals surface area (Å²) in [5, 5.41) is 5.55. The molecule has 0 bridgehead atoms. The number of benzene rings is 2. The molecule has 0 saturated carbocycles. The van der Waals surface area contributed by atoms with Crippen molar-refractivity contribution in [3.63, 3.8) is 0 Å². The molecular weight excluding hydrogens is 340 g/mol. The molecule has 0 aliphatic rings. The van der Waals surface area contributed by atoms with Gasteiger partial charge in [-0.1, -0.05) is 69.3 Å². The summed E-state index contributed by atoms with van der Waals surface area (Å²) in [5.74, 6) is 0.369. The zero-order valence-electron chi connectivity index (χ0n) is 16.2. The Hall–Kier alpha value is -2.82. The number of ether oxygens (including phenoxy) is 1. The van der Waals surface area contributed by atoms with Crippen LogP contribution >= 0.6 is 0 Å². The highest BCUT2D eigenvalue weighted by molar-refractivity contribution is 5.79. The largest absolute Gasteiger partial charge is 0.483 e. The normalized spacial score (nSPS) is 10.9. The quantitative estimate of drug-likeness (QED) is 0.752. The van der Waals surface area contributed by atoms with E-state index in [2.05, 4.69) is 31.4 Å². The molecule has 0 saturated heterocycles. The number of rotatable bonds is 8. The van der Waals surface area contributed by atoms with Crippen molar-refractivity contribution in [1.29, 1.82) is 0 Å². The molecule has 144 valence electrons. The Bertz CT molecular complexity index is 752. The number of amides is 2. The molecule has 0 heterocycles. The summed E-state index contributed by atoms with van der Waals surface area (Å²) in [5.41, 5.74) is 2.03. The van der Waals surface area contributed by atoms with Gasteiger partial charge in [-0.3, -0.25) is 9.59 Å². The van der Waals surface area contributed by atoms with E-state index in [9.17, 15) is 9.59 Å². The molecule has 5 heteroatoms. The summed E-state index contributed by atoms with van der Waals surface area (Å²) >= 11 is 0. The first kappa shape index (κ1) is 20.5. The van der Waals surface area contributed by atoms with Crippen molar-refractivity contribution in [3.8, 4) is 5.75 Å². The molecule has 0 atom stereocenters. The minimum absolute atomic E-state index is 0.0656. The number of hydrogen-bond donors (Lipinski definition) is 2. The van der Waals surface area contributed by atoms with E-state index in [-0.39, 0.29) is 36.8 Å². The van der Waals surface area contributed by atoms with E-state index in [1.807, 2.05) is 54.6 Å². The van der Waals surface area contributed by atoms with Gasteiger partial charge in [0.2, 0.25) is 5.91 Å². The highest BCUT2D eigenvalue weighted by Gasteiger charge is 2.18. The second-order valence-electron chi connectivity index (χ2n) is 7.40. The number of hydrogen-bond acceptors (Lipinski definition) is 3. The van der Waals surface area contributed by atoms with Gasteiger partial charge in [0, 0.05) is 19.5 Å². The second-order valence-corrected chi connectivity index (χ2v) is 7.40. The molecular formula is C22H28N2O3. The smallest absolute Gasteiger partial charge is 0.257 e. The third kappa shape index (κ3) is 7.13. The van der Waals surface area contributed by atoms with E-state index in [0.717, 1.165) is 11.1 Å². The van der Waals surface area contributed by atoms with Crippen LogP contribution in [0.5, 0.6) is 5.75 Å². The summed E-state index contributed by atoms with van der Waals surface area (Å²) in [6.07, 6.45) is 0.233. The molecule has 2 N–H and O–H groups in total. The Morgan fingerprint density at radius 1 is 0.889 bits per heavy atom. The van der Waals surface area contributed by atoms with Crippen molar-refractivity contribution in [1.82, 2.24) is 10.6 Å². The van der Waals surface area contributed by atoms with Gasteiger partial charge in [0.25, 0.3) is 5.91 Å². The highest BCUT2D eigenvalue weighted by atomic mass is 16.5. The minimum atomic E-state index is -0.241. The van der Waals surface area contributed by atoms with Gasteiger partial charge in [-0.05, 0) is 22.6 Å². The standard InChI is InChI=1S/C22H28N2O3/c1-22(2,3)18-11-7-8-12-19(18)27-16-21(26)23-14-13-20(25)24-15-17-9-5-4-6-10-17/h4-12H,13-16H2,1-3H3,(H,23,26)(H,24,25). The molecule has 0 unspecified atom stereocenters. The lowest BCUT2D eigenvalue weighted by molar-refractivity contribution is -0.123. The van der Waals surface area contributed by atoms with Gasteiger partial charge in [0.1, 0.15) is 5.75 Å². The molecule has 0 aromatic heterocycles. The Labute approximate surface area is 161 Å². The van der Waals surface area contributed by atoms with Gasteiger partial charge in [-0.25, -0.2) is 0 Å². The van der Waals surface area contributed by atoms with Crippen LogP contribution in [0.25, 0.3) is 0 Å². The van der Waals surface area contributed by atoms with Gasteiger partial charge in [-0.15, -0.1) is 0 Å². The fourth-order valence-corrected chi connectivity index (χ4v) is 2.61. The fourth-order valence-electron chi connectivity index (χ4n) is 2.61. The molecule has 0 aliphatic heterocycles. The van der Waals surface area contributed by atoms with Crippen LogP contribution in [-0.4, -0.2) is 25.0 Å². The molecule has 0 radical (unpaired) electrons. The Morgan fingerprint density at radius 3 is 2.26 bits per heavy atom. The first-order valence-corrected chi connectivity index (χ1v) is 9.16. The number of para-hydroxylation sites is 1. The summed E-state index contributed by atoms with van der Waals surface area (Å²) in [7, 11) is 0. The van der Waals surface area contributed by atoms with Crippen LogP contribution in [0.3, 0.4) is 0 Å². The van der Waals surface area contributed by atoms with Crippen LogP contribution in [-0.2, 0) is 21.5 Å². The van der Waals surface area contributed by atoms with Crippen LogP contribution < -0.4 is 15.4 Å². The van der Waals surface area contributed by atoms with Crippen molar-refractivity contribution in [2.45, 2.75) is 39.2 Å². The third-order valence-electron chi connectivity index (χ3n) is 4.06. The Morgan fingerprint density at radius 2 is 1.56 bits per heavy atom. The summed E-state index contributed by atoms with van der Waals surface area (Å²) in [6.45, 7) is 7.00. The van der Waals surface area contributed by atoms with Gasteiger partial charge >= 0.3 is 0 Å². The number of carbonyl (C=O) groups excluding carboxylic acids is 2. The van der Waals surface area contributed by atoms with Gasteiger partial charge < -0.3 is 15.4 Å². The first-order chi connectivity index (χ1) is 12.9. The molecule has 0 aliphatic carbocycles. The summed E-state index contributed by atoms with van der Waals surface area (Å²) in [6, 6.07) is 17.4. The van der Waals surface area contributed by atoms with Crippen molar-refractivity contribution < 1.29 is 14.3 Å².